The summed E-state index contributed by atoms with van der Waals surface area (Å²) < 4.78 is 71.0. The summed E-state index contributed by atoms with van der Waals surface area (Å²) >= 11 is 0. The second kappa shape index (κ2) is 28.8. The van der Waals surface area contributed by atoms with Gasteiger partial charge in [0.05, 0.1) is 82.7 Å². The number of imidazole rings is 2. The van der Waals surface area contributed by atoms with E-state index in [0.717, 1.165) is 233 Å². The number of hydrogen-bond donors (Lipinski definition) is 0. The van der Waals surface area contributed by atoms with Crippen molar-refractivity contribution in [3.63, 3.8) is 0 Å². The molecular formula is C117H60B3N17O9. The van der Waals surface area contributed by atoms with Crippen molar-refractivity contribution >= 4 is 184 Å². The van der Waals surface area contributed by atoms with Crippen molar-refractivity contribution in [1.82, 2.24) is 82.1 Å². The lowest BCUT2D eigenvalue weighted by Gasteiger charge is -2.37. The summed E-state index contributed by atoms with van der Waals surface area (Å²) in [4.78, 5) is 56.6. The number of rotatable bonds is 7. The van der Waals surface area contributed by atoms with Gasteiger partial charge in [-0.3, -0.25) is 22.7 Å². The van der Waals surface area contributed by atoms with Gasteiger partial charge in [-0.15, -0.1) is 0 Å². The Balaban J connectivity index is 0.0000000956. The van der Waals surface area contributed by atoms with Crippen molar-refractivity contribution in [2.24, 2.45) is 0 Å². The lowest BCUT2D eigenvalue weighted by atomic mass is 9.34. The van der Waals surface area contributed by atoms with Gasteiger partial charge in [-0.2, -0.15) is 49.8 Å². The Morgan fingerprint density at radius 2 is 0.418 bits per heavy atom. The molecule has 19 heterocycles. The van der Waals surface area contributed by atoms with Gasteiger partial charge in [-0.25, -0.2) is 9.55 Å². The maximum atomic E-state index is 6.90. The summed E-state index contributed by atoms with van der Waals surface area (Å²) in [5, 5.41) is 8.88. The molecule has 0 bridgehead atoms. The second-order valence-electron chi connectivity index (χ2n) is 37.3. The van der Waals surface area contributed by atoms with Crippen LogP contribution in [-0.4, -0.2) is 102 Å². The highest BCUT2D eigenvalue weighted by Gasteiger charge is 2.52. The van der Waals surface area contributed by atoms with E-state index in [1.54, 1.807) is 0 Å². The van der Waals surface area contributed by atoms with Gasteiger partial charge in [-0.1, -0.05) is 206 Å². The molecule has 36 rings (SSSR count). The van der Waals surface area contributed by atoms with Crippen LogP contribution >= 0.6 is 0 Å². The fraction of sp³-hybridized carbons (Fsp3) is 0. The molecule has 26 nitrogen and oxygen atoms in total. The number of para-hydroxylation sites is 12. The third-order valence-corrected chi connectivity index (χ3v) is 29.7. The van der Waals surface area contributed by atoms with Gasteiger partial charge >= 0.3 is 0 Å². The average Bonchev–Trinajstić information content (AvgIpc) is 0.728. The molecule has 0 spiro atoms. The highest BCUT2D eigenvalue weighted by Crippen LogP contribution is 2.50. The Kier molecular flexibility index (Phi) is 15.3. The molecule has 0 saturated carbocycles. The van der Waals surface area contributed by atoms with Crippen LogP contribution in [-0.2, 0) is 0 Å². The van der Waals surface area contributed by atoms with Crippen LogP contribution in [0.1, 0.15) is 0 Å². The molecule has 0 atom stereocenters. The van der Waals surface area contributed by atoms with E-state index in [2.05, 4.69) is 211 Å². The molecule has 0 aliphatic carbocycles. The predicted molar refractivity (Wildman–Crippen MR) is 562 cm³/mol. The summed E-state index contributed by atoms with van der Waals surface area (Å²) in [5.74, 6) is 16.2. The Morgan fingerprint density at radius 1 is 0.164 bits per heavy atom. The first-order valence-corrected chi connectivity index (χ1v) is 48.1. The first-order valence-electron chi connectivity index (χ1n) is 48.1. The summed E-state index contributed by atoms with van der Waals surface area (Å²) in [6.07, 6.45) is 0. The maximum Gasteiger partial charge on any atom is 0.274 e. The average molecular weight is 1880 g/mol. The molecule has 146 heavy (non-hydrogen) atoms. The van der Waals surface area contributed by atoms with Gasteiger partial charge < -0.3 is 42.6 Å². The van der Waals surface area contributed by atoms with Gasteiger partial charge in [0.2, 0.25) is 70.7 Å². The van der Waals surface area contributed by atoms with Gasteiger partial charge in [0.25, 0.3) is 20.1 Å². The maximum absolute atomic E-state index is 6.90. The fourth-order valence-electron chi connectivity index (χ4n) is 23.7. The van der Waals surface area contributed by atoms with Gasteiger partial charge in [-0.05, 0) is 158 Å². The number of ether oxygens (including phenoxy) is 9. The normalized spacial score (nSPS) is 13.4. The van der Waals surface area contributed by atoms with Gasteiger partial charge in [0.15, 0.2) is 5.82 Å². The molecule has 17 aromatic carbocycles. The SMILES string of the molecule is c1cc2c3c(c1)Oc1ccc(-c4nc(-n5c6ccccc6c6ccccc65)nc(-n5c6ccccc6c6ccccc65)n4)c4c1B3c1c(cccc1O4)O2.c1cc2c3c(c1)Oc1nc(-c4nc(-n5c6ccccc6c6ccccc65)nc(-n5c6ccccc6c6ccccc65)n4)nc4c1B3c1c(cccc1O4)O2.c1cc2c3c(c1)Oc1nc(-n4c5ccccc5n5c6ccccc6nc45)nc4c1B3c1c(cccc1O4)O2. The molecule has 9 aliphatic rings. The first-order chi connectivity index (χ1) is 72.4. The molecule has 0 saturated heterocycles. The van der Waals surface area contributed by atoms with E-state index in [9.17, 15) is 0 Å². The smallest absolute Gasteiger partial charge is 0.274 e. The van der Waals surface area contributed by atoms with E-state index in [4.69, 9.17) is 97.5 Å². The molecular weight excluding hydrogens is 1820 g/mol. The topological polar surface area (TPSA) is 254 Å². The Morgan fingerprint density at radius 3 is 0.760 bits per heavy atom. The Hall–Kier alpha value is -20.2. The second-order valence-corrected chi connectivity index (χ2v) is 37.3. The van der Waals surface area contributed by atoms with Crippen molar-refractivity contribution in [2.45, 2.75) is 0 Å². The zero-order chi connectivity index (χ0) is 94.7. The fourth-order valence-corrected chi connectivity index (χ4v) is 23.7. The number of aromatic nitrogens is 17. The molecule has 0 radical (unpaired) electrons. The van der Waals surface area contributed by atoms with E-state index >= 15 is 0 Å². The van der Waals surface area contributed by atoms with Gasteiger partial charge in [0.1, 0.15) is 80.5 Å². The van der Waals surface area contributed by atoms with Crippen LogP contribution in [0.5, 0.6) is 104 Å². The molecule has 10 aromatic heterocycles. The van der Waals surface area contributed by atoms with Gasteiger partial charge in [0, 0.05) is 81.3 Å². The highest BCUT2D eigenvalue weighted by molar-refractivity contribution is 7.01. The minimum Gasteiger partial charge on any atom is -0.458 e. The lowest BCUT2D eigenvalue weighted by Crippen LogP contribution is -2.60. The summed E-state index contributed by atoms with van der Waals surface area (Å²) in [6.45, 7) is -0.477. The first kappa shape index (κ1) is 77.7. The number of benzene rings is 17. The van der Waals surface area contributed by atoms with Crippen LogP contribution in [0.3, 0.4) is 0 Å². The van der Waals surface area contributed by atoms with E-state index in [1.165, 1.54) is 0 Å². The van der Waals surface area contributed by atoms with E-state index in [1.807, 2.05) is 180 Å². The number of hydrogen-bond acceptors (Lipinski definition) is 20. The molecule has 9 aliphatic heterocycles. The largest absolute Gasteiger partial charge is 0.458 e. The lowest BCUT2D eigenvalue weighted by molar-refractivity contribution is 0.423. The van der Waals surface area contributed by atoms with Crippen molar-refractivity contribution in [2.75, 3.05) is 0 Å². The van der Waals surface area contributed by atoms with Crippen LogP contribution in [0.25, 0.3) is 168 Å². The standard InChI is InChI=1S/C45H24BN5O3.C43H22BN7O3.C29H14BN5O3/c1-5-15-30-25(11-1)26-12-2-6-16-31(26)50(30)44-47-43(48-45(49-44)51-32-17-7-3-13-27(32)28-14-4-8-18-33(28)51)29-23-24-38-41-42(29)54-37-22-10-21-36-40(37)46(41)39-34(52-36)19-9-20-35(39)53-38;1-5-15-27-23(11-1)24-12-2-6-16-28(24)50(27)42-47-39(48-43(49-42)51-29-17-7-3-13-25(29)26-14-4-8-18-30(26)51)38-45-40-37-41(46-38)54-34-22-10-20-32-36(34)44(37)35-31(52-32)19-9-21-33(35)53-40;1-2-8-16-15(7-1)31-29-34(16)17-9-3-4-10-18(17)35(29)28-32-26-25-27(33-28)38-22-14-6-12-20-24(22)30(25)23-19(36-20)11-5-13-21(23)37-26/h1-24H;1-22H;1-14H. The molecule has 29 heteroatoms. The van der Waals surface area contributed by atoms with Crippen molar-refractivity contribution < 1.29 is 42.6 Å². The summed E-state index contributed by atoms with van der Waals surface area (Å²) in [7, 11) is 0. The zero-order valence-corrected chi connectivity index (χ0v) is 76.1. The van der Waals surface area contributed by atoms with Crippen LogP contribution < -0.4 is 91.8 Å². The van der Waals surface area contributed by atoms with Crippen molar-refractivity contribution in [1.29, 1.82) is 0 Å². The monoisotopic (exact) mass is 1880 g/mol. The predicted octanol–water partition coefficient (Wildman–Crippen LogP) is 20.0. The van der Waals surface area contributed by atoms with E-state index in [-0.39, 0.29) is 31.8 Å². The minimum absolute atomic E-state index is 0.127. The quantitative estimate of drug-likeness (QED) is 0.134. The van der Waals surface area contributed by atoms with Crippen molar-refractivity contribution in [3.05, 3.63) is 364 Å². The number of fused-ring (bicyclic) bond motifs is 17. The third-order valence-electron chi connectivity index (χ3n) is 29.7. The molecule has 0 N–H and O–H groups in total. The summed E-state index contributed by atoms with van der Waals surface area (Å²) in [5.41, 5.74) is 20.9. The molecule has 0 unspecified atom stereocenters. The van der Waals surface area contributed by atoms with E-state index < -0.39 is 0 Å². The van der Waals surface area contributed by atoms with E-state index in [0.29, 0.717) is 76.3 Å². The zero-order valence-electron chi connectivity index (χ0n) is 76.1. The Labute approximate surface area is 824 Å². The molecule has 27 aromatic rings. The van der Waals surface area contributed by atoms with Crippen LogP contribution in [0.2, 0.25) is 0 Å². The van der Waals surface area contributed by atoms with Crippen LogP contribution in [0, 0.1) is 0 Å². The third kappa shape index (κ3) is 10.6. The molecule has 676 valence electrons. The molecule has 0 fully saturated rings. The molecule has 0 amide bonds. The summed E-state index contributed by atoms with van der Waals surface area (Å²) in [6, 6.07) is 122. The van der Waals surface area contributed by atoms with Crippen LogP contribution in [0.4, 0.5) is 0 Å². The minimum atomic E-state index is -0.211. The van der Waals surface area contributed by atoms with Crippen molar-refractivity contribution in [3.8, 4) is 157 Å². The number of nitrogens with zero attached hydrogens (tertiary/aromatic N) is 17. The Bertz CT molecular complexity index is 10000. The van der Waals surface area contributed by atoms with Crippen LogP contribution in [0.15, 0.2) is 364 Å². The highest BCUT2D eigenvalue weighted by atomic mass is 16.5.